The summed E-state index contributed by atoms with van der Waals surface area (Å²) in [5.74, 6) is 0. The molecular weight excluding hydrogens is 176 g/mol. The highest BCUT2D eigenvalue weighted by atomic mass is 16.5. The van der Waals surface area contributed by atoms with Crippen LogP contribution in [0.15, 0.2) is 24.4 Å². The molecule has 0 N–H and O–H groups in total. The van der Waals surface area contributed by atoms with E-state index in [0.717, 1.165) is 18.5 Å². The number of pyridine rings is 1. The first-order chi connectivity index (χ1) is 6.87. The Labute approximate surface area is 83.3 Å². The molecule has 2 heterocycles. The molecule has 72 valence electrons. The first-order valence-electron chi connectivity index (χ1n) is 4.78. The number of hydrogen-bond donors (Lipinski definition) is 0. The van der Waals surface area contributed by atoms with Crippen LogP contribution in [0.4, 0.5) is 0 Å². The van der Waals surface area contributed by atoms with E-state index < -0.39 is 5.41 Å². The van der Waals surface area contributed by atoms with Crippen LogP contribution >= 0.6 is 0 Å². The Hall–Kier alpha value is -1.40. The third-order valence-electron chi connectivity index (χ3n) is 2.72. The predicted molar refractivity (Wildman–Crippen MR) is 51.6 cm³/mol. The zero-order valence-electron chi connectivity index (χ0n) is 7.94. The van der Waals surface area contributed by atoms with Crippen LogP contribution in [0, 0.1) is 11.3 Å². The minimum absolute atomic E-state index is 0.417. The minimum Gasteiger partial charge on any atom is -0.381 e. The number of hydrogen-bond acceptors (Lipinski definition) is 3. The van der Waals surface area contributed by atoms with Crippen molar-refractivity contribution in [2.45, 2.75) is 18.3 Å². The topological polar surface area (TPSA) is 45.9 Å². The van der Waals surface area contributed by atoms with Gasteiger partial charge in [-0.25, -0.2) is 0 Å². The second-order valence-electron chi connectivity index (χ2n) is 3.52. The molecule has 0 bridgehead atoms. The molecule has 0 aliphatic carbocycles. The number of nitriles is 1. The maximum Gasteiger partial charge on any atom is 0.104 e. The highest BCUT2D eigenvalue weighted by Gasteiger charge is 2.35. The van der Waals surface area contributed by atoms with E-state index in [0.29, 0.717) is 13.2 Å². The van der Waals surface area contributed by atoms with Crippen molar-refractivity contribution in [2.75, 3.05) is 13.2 Å². The quantitative estimate of drug-likeness (QED) is 0.673. The second kappa shape index (κ2) is 3.77. The van der Waals surface area contributed by atoms with Crippen LogP contribution in [0.5, 0.6) is 0 Å². The van der Waals surface area contributed by atoms with Gasteiger partial charge in [0.15, 0.2) is 0 Å². The molecule has 0 unspecified atom stereocenters. The minimum atomic E-state index is -0.417. The summed E-state index contributed by atoms with van der Waals surface area (Å²) in [7, 11) is 0. The summed E-state index contributed by atoms with van der Waals surface area (Å²) in [5, 5.41) is 9.25. The second-order valence-corrected chi connectivity index (χ2v) is 3.52. The van der Waals surface area contributed by atoms with Gasteiger partial charge in [0.25, 0.3) is 0 Å². The molecule has 0 saturated carbocycles. The molecule has 2 rings (SSSR count). The van der Waals surface area contributed by atoms with Gasteiger partial charge in [0, 0.05) is 19.4 Å². The van der Waals surface area contributed by atoms with Crippen molar-refractivity contribution < 1.29 is 4.74 Å². The van der Waals surface area contributed by atoms with Crippen molar-refractivity contribution in [3.63, 3.8) is 0 Å². The van der Waals surface area contributed by atoms with Gasteiger partial charge in [0.2, 0.25) is 0 Å². The van der Waals surface area contributed by atoms with E-state index in [9.17, 15) is 5.26 Å². The fourth-order valence-corrected chi connectivity index (χ4v) is 1.79. The van der Waals surface area contributed by atoms with Crippen molar-refractivity contribution >= 4 is 0 Å². The van der Waals surface area contributed by atoms with E-state index in [1.54, 1.807) is 6.20 Å². The molecule has 0 atom stereocenters. The zero-order chi connectivity index (χ0) is 9.86. The van der Waals surface area contributed by atoms with E-state index in [-0.39, 0.29) is 0 Å². The summed E-state index contributed by atoms with van der Waals surface area (Å²) in [4.78, 5) is 4.27. The molecule has 1 aromatic rings. The van der Waals surface area contributed by atoms with Crippen molar-refractivity contribution in [3.05, 3.63) is 30.1 Å². The summed E-state index contributed by atoms with van der Waals surface area (Å²) in [6.07, 6.45) is 3.24. The lowest BCUT2D eigenvalue weighted by Gasteiger charge is -2.29. The van der Waals surface area contributed by atoms with Gasteiger partial charge in [0.05, 0.1) is 11.8 Å². The molecular formula is C11H12N2O. The van der Waals surface area contributed by atoms with Gasteiger partial charge < -0.3 is 4.74 Å². The SMILES string of the molecule is N#CC1(c2ccccn2)CCOCC1. The Kier molecular flexibility index (Phi) is 2.47. The average Bonchev–Trinajstić information content (AvgIpc) is 2.31. The first kappa shape index (κ1) is 9.17. The van der Waals surface area contributed by atoms with Crippen LogP contribution in [-0.4, -0.2) is 18.2 Å². The Morgan fingerprint density at radius 3 is 2.71 bits per heavy atom. The number of rotatable bonds is 1. The van der Waals surface area contributed by atoms with Crippen molar-refractivity contribution in [1.29, 1.82) is 5.26 Å². The summed E-state index contributed by atoms with van der Waals surface area (Å²) in [6, 6.07) is 8.11. The molecule has 14 heavy (non-hydrogen) atoms. The van der Waals surface area contributed by atoms with Crippen molar-refractivity contribution in [1.82, 2.24) is 4.98 Å². The fraction of sp³-hybridized carbons (Fsp3) is 0.455. The van der Waals surface area contributed by atoms with E-state index >= 15 is 0 Å². The maximum absolute atomic E-state index is 9.25. The van der Waals surface area contributed by atoms with E-state index in [4.69, 9.17) is 4.74 Å². The molecule has 1 aliphatic heterocycles. The molecule has 1 saturated heterocycles. The maximum atomic E-state index is 9.25. The molecule has 1 fully saturated rings. The molecule has 3 heteroatoms. The van der Waals surface area contributed by atoms with Crippen LogP contribution in [-0.2, 0) is 10.2 Å². The van der Waals surface area contributed by atoms with Gasteiger partial charge in [0.1, 0.15) is 5.41 Å². The first-order valence-corrected chi connectivity index (χ1v) is 4.78. The molecule has 3 nitrogen and oxygen atoms in total. The lowest BCUT2D eigenvalue weighted by Crippen LogP contribution is -2.33. The van der Waals surface area contributed by atoms with E-state index in [1.165, 1.54) is 0 Å². The van der Waals surface area contributed by atoms with Gasteiger partial charge in [-0.15, -0.1) is 0 Å². The third kappa shape index (κ3) is 1.49. The van der Waals surface area contributed by atoms with E-state index in [2.05, 4.69) is 11.1 Å². The normalized spacial score (nSPS) is 19.9. The van der Waals surface area contributed by atoms with E-state index in [1.807, 2.05) is 18.2 Å². The Morgan fingerprint density at radius 2 is 2.14 bits per heavy atom. The lowest BCUT2D eigenvalue weighted by atomic mass is 9.78. The summed E-state index contributed by atoms with van der Waals surface area (Å²) >= 11 is 0. The van der Waals surface area contributed by atoms with Crippen molar-refractivity contribution in [3.8, 4) is 6.07 Å². The molecule has 0 radical (unpaired) electrons. The monoisotopic (exact) mass is 188 g/mol. The average molecular weight is 188 g/mol. The summed E-state index contributed by atoms with van der Waals surface area (Å²) in [5.41, 5.74) is 0.463. The van der Waals surface area contributed by atoms with Crippen LogP contribution < -0.4 is 0 Å². The summed E-state index contributed by atoms with van der Waals surface area (Å²) < 4.78 is 5.27. The molecule has 0 amide bonds. The fourth-order valence-electron chi connectivity index (χ4n) is 1.79. The molecule has 0 spiro atoms. The Balaban J connectivity index is 2.33. The van der Waals surface area contributed by atoms with Gasteiger partial charge in [-0.2, -0.15) is 5.26 Å². The smallest absolute Gasteiger partial charge is 0.104 e. The van der Waals surface area contributed by atoms with Crippen LogP contribution in [0.2, 0.25) is 0 Å². The van der Waals surface area contributed by atoms with Crippen LogP contribution in [0.3, 0.4) is 0 Å². The molecule has 0 aromatic carbocycles. The van der Waals surface area contributed by atoms with Gasteiger partial charge in [-0.3, -0.25) is 4.98 Å². The number of aromatic nitrogens is 1. The highest BCUT2D eigenvalue weighted by Crippen LogP contribution is 2.32. The summed E-state index contributed by atoms with van der Waals surface area (Å²) in [6.45, 7) is 1.31. The van der Waals surface area contributed by atoms with Gasteiger partial charge in [-0.1, -0.05) is 6.07 Å². The van der Waals surface area contributed by atoms with Crippen LogP contribution in [0.1, 0.15) is 18.5 Å². The standard InChI is InChI=1S/C11H12N2O/c12-9-11(4-7-14-8-5-11)10-3-1-2-6-13-10/h1-3,6H,4-5,7-8H2. The largest absolute Gasteiger partial charge is 0.381 e. The highest BCUT2D eigenvalue weighted by molar-refractivity contribution is 5.26. The molecule has 1 aliphatic rings. The third-order valence-corrected chi connectivity index (χ3v) is 2.72. The molecule has 1 aromatic heterocycles. The van der Waals surface area contributed by atoms with Crippen molar-refractivity contribution in [2.24, 2.45) is 0 Å². The zero-order valence-corrected chi connectivity index (χ0v) is 7.94. The Morgan fingerprint density at radius 1 is 1.36 bits per heavy atom. The Bertz CT molecular complexity index is 336. The predicted octanol–water partition coefficient (Wildman–Crippen LogP) is 1.65. The lowest BCUT2D eigenvalue weighted by molar-refractivity contribution is 0.0664. The van der Waals surface area contributed by atoms with Crippen LogP contribution in [0.25, 0.3) is 0 Å². The van der Waals surface area contributed by atoms with Gasteiger partial charge >= 0.3 is 0 Å². The number of nitrogens with zero attached hydrogens (tertiary/aromatic N) is 2. The van der Waals surface area contributed by atoms with Gasteiger partial charge in [-0.05, 0) is 25.0 Å². The number of ether oxygens (including phenoxy) is 1.